The van der Waals surface area contributed by atoms with E-state index in [-0.39, 0.29) is 0 Å². The van der Waals surface area contributed by atoms with E-state index in [2.05, 4.69) is 9.80 Å². The van der Waals surface area contributed by atoms with Crippen molar-refractivity contribution in [3.05, 3.63) is 35.4 Å². The first kappa shape index (κ1) is 16.5. The summed E-state index contributed by atoms with van der Waals surface area (Å²) in [6.45, 7) is 3.95. The third kappa shape index (κ3) is 3.23. The van der Waals surface area contributed by atoms with E-state index in [1.807, 2.05) is 0 Å². The highest BCUT2D eigenvalue weighted by Gasteiger charge is 2.43. The standard InChI is InChI=1S/C20H28F2N2/c21-17-9-8-16(18(22)13-17)14-24-12-11-23-10-4-7-19(23)20(24)15-5-2-1-3-6-15/h8-9,13,15,19-20H,1-7,10-12,14H2/t19-,20+/m1/s1. The van der Waals surface area contributed by atoms with E-state index in [9.17, 15) is 8.78 Å². The van der Waals surface area contributed by atoms with Crippen LogP contribution >= 0.6 is 0 Å². The fourth-order valence-electron chi connectivity index (χ4n) is 5.31. The van der Waals surface area contributed by atoms with Crippen molar-refractivity contribution in [2.75, 3.05) is 19.6 Å². The van der Waals surface area contributed by atoms with Crippen LogP contribution in [0.25, 0.3) is 0 Å². The van der Waals surface area contributed by atoms with E-state index in [0.29, 0.717) is 24.2 Å². The number of halogens is 2. The highest BCUT2D eigenvalue weighted by molar-refractivity contribution is 5.19. The Morgan fingerprint density at radius 2 is 1.75 bits per heavy atom. The lowest BCUT2D eigenvalue weighted by atomic mass is 9.78. The van der Waals surface area contributed by atoms with Crippen molar-refractivity contribution in [3.8, 4) is 0 Å². The van der Waals surface area contributed by atoms with Gasteiger partial charge < -0.3 is 0 Å². The Balaban J connectivity index is 1.56. The molecule has 1 aromatic carbocycles. The Kier molecular flexibility index (Phi) is 4.86. The average molecular weight is 334 g/mol. The molecular formula is C20H28F2N2. The summed E-state index contributed by atoms with van der Waals surface area (Å²) < 4.78 is 27.4. The molecule has 0 radical (unpaired) electrons. The summed E-state index contributed by atoms with van der Waals surface area (Å²) in [4.78, 5) is 5.18. The fraction of sp³-hybridized carbons (Fsp3) is 0.700. The smallest absolute Gasteiger partial charge is 0.130 e. The van der Waals surface area contributed by atoms with Crippen LogP contribution in [-0.2, 0) is 6.54 Å². The van der Waals surface area contributed by atoms with Gasteiger partial charge in [-0.15, -0.1) is 0 Å². The van der Waals surface area contributed by atoms with Gasteiger partial charge in [0.05, 0.1) is 0 Å². The molecule has 3 fully saturated rings. The Labute approximate surface area is 143 Å². The minimum atomic E-state index is -0.485. The van der Waals surface area contributed by atoms with Gasteiger partial charge in [0.2, 0.25) is 0 Å². The highest BCUT2D eigenvalue weighted by atomic mass is 19.1. The monoisotopic (exact) mass is 334 g/mol. The van der Waals surface area contributed by atoms with Gasteiger partial charge in [-0.1, -0.05) is 25.3 Å². The summed E-state index contributed by atoms with van der Waals surface area (Å²) in [7, 11) is 0. The van der Waals surface area contributed by atoms with E-state index >= 15 is 0 Å². The van der Waals surface area contributed by atoms with Crippen LogP contribution in [0.2, 0.25) is 0 Å². The van der Waals surface area contributed by atoms with Crippen LogP contribution in [0.3, 0.4) is 0 Å². The van der Waals surface area contributed by atoms with Crippen LogP contribution in [0.4, 0.5) is 8.78 Å². The zero-order chi connectivity index (χ0) is 16.5. The van der Waals surface area contributed by atoms with E-state index < -0.39 is 11.6 Å². The summed E-state index contributed by atoms with van der Waals surface area (Å²) in [6.07, 6.45) is 9.26. The van der Waals surface area contributed by atoms with E-state index in [4.69, 9.17) is 0 Å². The number of nitrogens with zero attached hydrogens (tertiary/aromatic N) is 2. The first-order valence-electron chi connectivity index (χ1n) is 9.64. The van der Waals surface area contributed by atoms with Gasteiger partial charge >= 0.3 is 0 Å². The van der Waals surface area contributed by atoms with E-state index in [0.717, 1.165) is 25.1 Å². The molecule has 0 spiro atoms. The van der Waals surface area contributed by atoms with Gasteiger partial charge in [-0.2, -0.15) is 0 Å². The van der Waals surface area contributed by atoms with Gasteiger partial charge in [0.1, 0.15) is 11.6 Å². The third-order valence-electron chi connectivity index (χ3n) is 6.43. The number of rotatable bonds is 3. The van der Waals surface area contributed by atoms with Crippen molar-refractivity contribution in [2.24, 2.45) is 5.92 Å². The number of fused-ring (bicyclic) bond motifs is 1. The largest absolute Gasteiger partial charge is 0.298 e. The number of hydrogen-bond donors (Lipinski definition) is 0. The van der Waals surface area contributed by atoms with Gasteiger partial charge in [-0.05, 0) is 44.2 Å². The number of hydrogen-bond acceptors (Lipinski definition) is 2. The molecule has 1 saturated carbocycles. The predicted molar refractivity (Wildman–Crippen MR) is 91.7 cm³/mol. The lowest BCUT2D eigenvalue weighted by Crippen LogP contribution is -2.59. The summed E-state index contributed by atoms with van der Waals surface area (Å²) in [6, 6.07) is 5.23. The molecule has 0 amide bonds. The molecule has 2 saturated heterocycles. The molecule has 1 aromatic rings. The number of piperazine rings is 1. The Morgan fingerprint density at radius 3 is 2.54 bits per heavy atom. The molecule has 2 nitrogen and oxygen atoms in total. The Hall–Kier alpha value is -1.00. The molecule has 3 aliphatic rings. The van der Waals surface area contributed by atoms with Crippen LogP contribution in [0.5, 0.6) is 0 Å². The van der Waals surface area contributed by atoms with Gasteiger partial charge in [0.15, 0.2) is 0 Å². The van der Waals surface area contributed by atoms with Crippen LogP contribution in [0.1, 0.15) is 50.5 Å². The average Bonchev–Trinajstić information content (AvgIpc) is 3.06. The van der Waals surface area contributed by atoms with Crippen LogP contribution in [0, 0.1) is 17.6 Å². The summed E-state index contributed by atoms with van der Waals surface area (Å²) in [5, 5.41) is 0. The molecule has 0 bridgehead atoms. The fourth-order valence-corrected chi connectivity index (χ4v) is 5.31. The van der Waals surface area contributed by atoms with Gasteiger partial charge in [0.25, 0.3) is 0 Å². The van der Waals surface area contributed by atoms with Crippen molar-refractivity contribution >= 4 is 0 Å². The van der Waals surface area contributed by atoms with Gasteiger partial charge in [0, 0.05) is 43.3 Å². The second-order valence-corrected chi connectivity index (χ2v) is 7.84. The molecule has 4 heteroatoms. The van der Waals surface area contributed by atoms with Crippen molar-refractivity contribution in [1.29, 1.82) is 0 Å². The minimum Gasteiger partial charge on any atom is -0.298 e. The maximum atomic E-state index is 14.2. The van der Waals surface area contributed by atoms with Crippen LogP contribution < -0.4 is 0 Å². The molecule has 4 rings (SSSR count). The molecule has 2 aliphatic heterocycles. The lowest BCUT2D eigenvalue weighted by Gasteiger charge is -2.49. The molecule has 24 heavy (non-hydrogen) atoms. The predicted octanol–water partition coefficient (Wildman–Crippen LogP) is 4.19. The normalized spacial score (nSPS) is 29.8. The molecule has 0 aromatic heterocycles. The van der Waals surface area contributed by atoms with Gasteiger partial charge in [-0.3, -0.25) is 9.80 Å². The maximum Gasteiger partial charge on any atom is 0.130 e. The molecular weight excluding hydrogens is 306 g/mol. The highest BCUT2D eigenvalue weighted by Crippen LogP contribution is 2.38. The third-order valence-corrected chi connectivity index (χ3v) is 6.43. The first-order valence-corrected chi connectivity index (χ1v) is 9.64. The van der Waals surface area contributed by atoms with E-state index in [1.165, 1.54) is 57.6 Å². The van der Waals surface area contributed by atoms with Crippen LogP contribution in [-0.4, -0.2) is 41.5 Å². The summed E-state index contributed by atoms with van der Waals surface area (Å²) in [5.41, 5.74) is 0.642. The van der Waals surface area contributed by atoms with E-state index in [1.54, 1.807) is 6.07 Å². The lowest BCUT2D eigenvalue weighted by molar-refractivity contribution is -0.00432. The zero-order valence-corrected chi connectivity index (χ0v) is 14.4. The Bertz CT molecular complexity index is 571. The Morgan fingerprint density at radius 1 is 0.917 bits per heavy atom. The SMILES string of the molecule is Fc1ccc(CN2CCN3CCC[C@@H]3[C@@H]2C2CCCCC2)c(F)c1. The molecule has 1 aliphatic carbocycles. The zero-order valence-electron chi connectivity index (χ0n) is 14.4. The molecule has 2 atom stereocenters. The van der Waals surface area contributed by atoms with Crippen molar-refractivity contribution in [1.82, 2.24) is 9.80 Å². The minimum absolute atomic E-state index is 0.397. The van der Waals surface area contributed by atoms with Crippen LogP contribution in [0.15, 0.2) is 18.2 Å². The topological polar surface area (TPSA) is 6.48 Å². The van der Waals surface area contributed by atoms with Crippen molar-refractivity contribution in [2.45, 2.75) is 63.6 Å². The summed E-state index contributed by atoms with van der Waals surface area (Å²) >= 11 is 0. The van der Waals surface area contributed by atoms with Gasteiger partial charge in [-0.25, -0.2) is 8.78 Å². The first-order chi connectivity index (χ1) is 11.7. The summed E-state index contributed by atoms with van der Waals surface area (Å²) in [5.74, 6) is -0.139. The van der Waals surface area contributed by atoms with Crippen molar-refractivity contribution in [3.63, 3.8) is 0 Å². The maximum absolute atomic E-state index is 14.2. The quantitative estimate of drug-likeness (QED) is 0.818. The molecule has 0 unspecified atom stereocenters. The van der Waals surface area contributed by atoms with Crippen molar-refractivity contribution < 1.29 is 8.78 Å². The molecule has 132 valence electrons. The second kappa shape index (κ2) is 7.09. The molecule has 2 heterocycles. The molecule has 0 N–H and O–H groups in total. The number of benzene rings is 1. The second-order valence-electron chi connectivity index (χ2n) is 7.84.